The highest BCUT2D eigenvalue weighted by molar-refractivity contribution is 5.55. The number of nitrogens with zero attached hydrogens (tertiary/aromatic N) is 3. The third-order valence-electron chi connectivity index (χ3n) is 4.95. The van der Waals surface area contributed by atoms with Crippen molar-refractivity contribution in [1.82, 2.24) is 9.97 Å². The molecule has 138 valence electrons. The lowest BCUT2D eigenvalue weighted by Crippen LogP contribution is -3.00. The average Bonchev–Trinajstić information content (AvgIpc) is 2.64. The lowest BCUT2D eigenvalue weighted by molar-refractivity contribution is -0.923. The largest absolute Gasteiger partial charge is 1.00 e. The lowest BCUT2D eigenvalue weighted by atomic mass is 10.2. The van der Waals surface area contributed by atoms with Crippen molar-refractivity contribution in [3.63, 3.8) is 0 Å². The van der Waals surface area contributed by atoms with Gasteiger partial charge < -0.3 is 21.6 Å². The summed E-state index contributed by atoms with van der Waals surface area (Å²) in [4.78, 5) is 8.71. The van der Waals surface area contributed by atoms with Crippen LogP contribution >= 0.6 is 0 Å². The summed E-state index contributed by atoms with van der Waals surface area (Å²) in [5.41, 5.74) is 2.08. The molecule has 0 amide bonds. The molecule has 0 bridgehead atoms. The van der Waals surface area contributed by atoms with E-state index in [1.165, 1.54) is 30.7 Å². The highest BCUT2D eigenvalue weighted by Crippen LogP contribution is 2.19. The van der Waals surface area contributed by atoms with Gasteiger partial charge in [-0.05, 0) is 57.5 Å². The van der Waals surface area contributed by atoms with E-state index in [9.17, 15) is 0 Å². The molecule has 2 aromatic rings. The highest BCUT2D eigenvalue weighted by Gasteiger charge is 2.19. The molecule has 0 aliphatic heterocycles. The van der Waals surface area contributed by atoms with Gasteiger partial charge in [-0.15, -0.1) is 0 Å². The van der Waals surface area contributed by atoms with Gasteiger partial charge >= 0.3 is 0 Å². The second kappa shape index (κ2) is 10.4. The summed E-state index contributed by atoms with van der Waals surface area (Å²) >= 11 is 0. The molecule has 0 aliphatic carbocycles. The third kappa shape index (κ3) is 5.98. The number of aromatic nitrogens is 2. The van der Waals surface area contributed by atoms with E-state index in [1.807, 2.05) is 43.6 Å². The average molecular weight is 364 g/mol. The first-order valence-corrected chi connectivity index (χ1v) is 8.99. The monoisotopic (exact) mass is 363 g/mol. The number of benzene rings is 1. The van der Waals surface area contributed by atoms with Gasteiger partial charge in [0, 0.05) is 24.4 Å². The smallest absolute Gasteiger partial charge is 0.159 e. The maximum absolute atomic E-state index is 5.89. The Kier molecular flexibility index (Phi) is 8.87. The predicted octanol–water partition coefficient (Wildman–Crippen LogP) is 1.10. The van der Waals surface area contributed by atoms with Crippen molar-refractivity contribution in [2.45, 2.75) is 34.1 Å². The van der Waals surface area contributed by atoms with Crippen LogP contribution in [0.5, 0.6) is 5.75 Å². The normalized spacial score (nSPS) is 11.0. The topological polar surface area (TPSA) is 35.0 Å². The van der Waals surface area contributed by atoms with E-state index in [1.54, 1.807) is 0 Å². The van der Waals surface area contributed by atoms with Crippen molar-refractivity contribution < 1.29 is 21.6 Å². The van der Waals surface area contributed by atoms with E-state index in [2.05, 4.69) is 30.7 Å². The van der Waals surface area contributed by atoms with Gasteiger partial charge in [0.1, 0.15) is 5.75 Å². The van der Waals surface area contributed by atoms with Crippen LogP contribution in [0.2, 0.25) is 0 Å². The zero-order valence-corrected chi connectivity index (χ0v) is 16.6. The van der Waals surface area contributed by atoms with Crippen LogP contribution in [0, 0.1) is 6.92 Å². The second-order valence-electron chi connectivity index (χ2n) is 6.32. The SMILES string of the molecule is CC[N+](CC)(CC)CCCOc1ccc(-c2ncc(C)cn2)cc1.[Cl-]. The van der Waals surface area contributed by atoms with Crippen molar-refractivity contribution in [3.05, 3.63) is 42.2 Å². The van der Waals surface area contributed by atoms with E-state index >= 15 is 0 Å². The van der Waals surface area contributed by atoms with Crippen molar-refractivity contribution in [3.8, 4) is 17.1 Å². The van der Waals surface area contributed by atoms with Gasteiger partial charge in [-0.3, -0.25) is 0 Å². The van der Waals surface area contributed by atoms with Crippen LogP contribution in [0.3, 0.4) is 0 Å². The quantitative estimate of drug-likeness (QED) is 0.494. The molecule has 0 saturated heterocycles. The first kappa shape index (κ1) is 21.4. The molecule has 0 N–H and O–H groups in total. The highest BCUT2D eigenvalue weighted by atomic mass is 35.5. The molecule has 0 atom stereocenters. The minimum absolute atomic E-state index is 0. The number of rotatable bonds is 9. The number of quaternary nitrogens is 1. The summed E-state index contributed by atoms with van der Waals surface area (Å²) in [6.45, 7) is 14.3. The molecule has 4 nitrogen and oxygen atoms in total. The number of hydrogen-bond acceptors (Lipinski definition) is 3. The van der Waals surface area contributed by atoms with Gasteiger partial charge in [0.2, 0.25) is 0 Å². The van der Waals surface area contributed by atoms with Gasteiger partial charge in [0.15, 0.2) is 5.82 Å². The second-order valence-corrected chi connectivity index (χ2v) is 6.32. The standard InChI is InChI=1S/C20H30N3O.ClH/c1-5-23(6-2,7-3)13-8-14-24-19-11-9-18(10-12-19)20-21-15-17(4)16-22-20;/h9-12,15-16H,5-8,13-14H2,1-4H3;1H/q+1;/p-1. The fraction of sp³-hybridized carbons (Fsp3) is 0.500. The summed E-state index contributed by atoms with van der Waals surface area (Å²) in [6, 6.07) is 8.04. The summed E-state index contributed by atoms with van der Waals surface area (Å²) in [6.07, 6.45) is 4.76. The van der Waals surface area contributed by atoms with Gasteiger partial charge in [0.05, 0.1) is 32.8 Å². The Morgan fingerprint density at radius 2 is 1.48 bits per heavy atom. The summed E-state index contributed by atoms with van der Waals surface area (Å²) in [5.74, 6) is 1.66. The Hall–Kier alpha value is -1.65. The third-order valence-corrected chi connectivity index (χ3v) is 4.95. The number of halogens is 1. The molecule has 1 aromatic carbocycles. The molecule has 0 radical (unpaired) electrons. The molecule has 0 fully saturated rings. The Labute approximate surface area is 158 Å². The molecule has 1 aromatic heterocycles. The van der Waals surface area contributed by atoms with Gasteiger partial charge in [0.25, 0.3) is 0 Å². The predicted molar refractivity (Wildman–Crippen MR) is 99.1 cm³/mol. The Morgan fingerprint density at radius 3 is 2.00 bits per heavy atom. The van der Waals surface area contributed by atoms with E-state index in [4.69, 9.17) is 4.74 Å². The van der Waals surface area contributed by atoms with Crippen LogP contribution in [0.4, 0.5) is 0 Å². The first-order chi connectivity index (χ1) is 11.6. The number of hydrogen-bond donors (Lipinski definition) is 0. The Morgan fingerprint density at radius 1 is 0.920 bits per heavy atom. The minimum Gasteiger partial charge on any atom is -1.00 e. The van der Waals surface area contributed by atoms with Crippen molar-refractivity contribution in [2.75, 3.05) is 32.8 Å². The van der Waals surface area contributed by atoms with Crippen LogP contribution in [0.15, 0.2) is 36.7 Å². The van der Waals surface area contributed by atoms with Crippen molar-refractivity contribution >= 4 is 0 Å². The number of ether oxygens (including phenoxy) is 1. The van der Waals surface area contributed by atoms with Crippen LogP contribution in [-0.2, 0) is 0 Å². The van der Waals surface area contributed by atoms with Crippen LogP contribution in [-0.4, -0.2) is 47.2 Å². The maximum atomic E-state index is 5.89. The zero-order valence-electron chi connectivity index (χ0n) is 15.8. The molecule has 0 spiro atoms. The summed E-state index contributed by atoms with van der Waals surface area (Å²) in [7, 11) is 0. The fourth-order valence-electron chi connectivity index (χ4n) is 2.98. The lowest BCUT2D eigenvalue weighted by Gasteiger charge is -2.35. The molecular weight excluding hydrogens is 334 g/mol. The molecular formula is C20H30ClN3O. The Bertz CT molecular complexity index is 602. The Balaban J connectivity index is 0.00000312. The van der Waals surface area contributed by atoms with E-state index in [-0.39, 0.29) is 12.4 Å². The summed E-state index contributed by atoms with van der Waals surface area (Å²) < 4.78 is 7.07. The molecule has 2 rings (SSSR count). The van der Waals surface area contributed by atoms with Crippen molar-refractivity contribution in [2.24, 2.45) is 0 Å². The molecule has 5 heteroatoms. The van der Waals surface area contributed by atoms with Crippen LogP contribution in [0.25, 0.3) is 11.4 Å². The van der Waals surface area contributed by atoms with E-state index < -0.39 is 0 Å². The van der Waals surface area contributed by atoms with Crippen molar-refractivity contribution in [1.29, 1.82) is 0 Å². The molecule has 1 heterocycles. The van der Waals surface area contributed by atoms with Crippen LogP contribution < -0.4 is 17.1 Å². The van der Waals surface area contributed by atoms with E-state index in [0.29, 0.717) is 0 Å². The maximum Gasteiger partial charge on any atom is 0.159 e. The van der Waals surface area contributed by atoms with Crippen LogP contribution in [0.1, 0.15) is 32.8 Å². The minimum atomic E-state index is 0. The molecule has 0 aliphatic rings. The first-order valence-electron chi connectivity index (χ1n) is 8.99. The van der Waals surface area contributed by atoms with Gasteiger partial charge in [-0.2, -0.15) is 0 Å². The zero-order chi connectivity index (χ0) is 17.4. The fourth-order valence-corrected chi connectivity index (χ4v) is 2.98. The summed E-state index contributed by atoms with van der Waals surface area (Å²) in [5, 5.41) is 0. The molecule has 25 heavy (non-hydrogen) atoms. The van der Waals surface area contributed by atoms with Gasteiger partial charge in [-0.25, -0.2) is 9.97 Å². The molecule has 0 unspecified atom stereocenters. The van der Waals surface area contributed by atoms with Gasteiger partial charge in [-0.1, -0.05) is 0 Å². The number of aryl methyl sites for hydroxylation is 1. The molecule has 0 saturated carbocycles. The van der Waals surface area contributed by atoms with E-state index in [0.717, 1.165) is 35.7 Å².